The molecule has 1 aromatic carbocycles. The topological polar surface area (TPSA) is 71.0 Å². The molecule has 0 aliphatic rings. The standard InChI is InChI=1S/C18H14ClN3O2/c1-11-5-6-13(9-15(11)19)21-17(23)16-12(2)24-18(14(16)10-20)22-7-3-4-8-22/h3-9H,1-2H3,(H,21,23). The van der Waals surface area contributed by atoms with Crippen LogP contribution in [0.25, 0.3) is 5.88 Å². The van der Waals surface area contributed by atoms with Crippen LogP contribution in [0.2, 0.25) is 5.02 Å². The number of nitrogens with zero attached hydrogens (tertiary/aromatic N) is 2. The minimum Gasteiger partial charge on any atom is -0.443 e. The van der Waals surface area contributed by atoms with Crippen molar-refractivity contribution in [2.24, 2.45) is 0 Å². The highest BCUT2D eigenvalue weighted by molar-refractivity contribution is 6.31. The van der Waals surface area contributed by atoms with Crippen LogP contribution in [0.4, 0.5) is 5.69 Å². The molecule has 2 heterocycles. The first-order chi connectivity index (χ1) is 11.5. The Hall–Kier alpha value is -2.97. The molecule has 0 aliphatic heterocycles. The zero-order valence-corrected chi connectivity index (χ0v) is 13.9. The number of carbonyl (C=O) groups is 1. The Morgan fingerprint density at radius 3 is 2.62 bits per heavy atom. The molecule has 2 aromatic heterocycles. The Kier molecular flexibility index (Phi) is 4.15. The first-order valence-corrected chi connectivity index (χ1v) is 7.63. The molecular weight excluding hydrogens is 326 g/mol. The van der Waals surface area contributed by atoms with Crippen molar-refractivity contribution in [1.82, 2.24) is 4.57 Å². The van der Waals surface area contributed by atoms with Crippen molar-refractivity contribution in [1.29, 1.82) is 5.26 Å². The van der Waals surface area contributed by atoms with Gasteiger partial charge in [0.1, 0.15) is 23.0 Å². The number of benzene rings is 1. The van der Waals surface area contributed by atoms with Crippen molar-refractivity contribution in [3.63, 3.8) is 0 Å². The number of aromatic nitrogens is 1. The quantitative estimate of drug-likeness (QED) is 0.765. The van der Waals surface area contributed by atoms with Crippen LogP contribution in [0.3, 0.4) is 0 Å². The van der Waals surface area contributed by atoms with Gasteiger partial charge in [-0.15, -0.1) is 0 Å². The SMILES string of the molecule is Cc1ccc(NC(=O)c2c(C)oc(-n3cccc3)c2C#N)cc1Cl. The second-order valence-corrected chi connectivity index (χ2v) is 5.74. The summed E-state index contributed by atoms with van der Waals surface area (Å²) >= 11 is 6.08. The van der Waals surface area contributed by atoms with E-state index in [4.69, 9.17) is 16.0 Å². The summed E-state index contributed by atoms with van der Waals surface area (Å²) in [5, 5.41) is 12.8. The summed E-state index contributed by atoms with van der Waals surface area (Å²) in [4.78, 5) is 12.6. The fourth-order valence-electron chi connectivity index (χ4n) is 2.42. The fraction of sp³-hybridized carbons (Fsp3) is 0.111. The summed E-state index contributed by atoms with van der Waals surface area (Å²) < 4.78 is 7.29. The lowest BCUT2D eigenvalue weighted by atomic mass is 10.1. The predicted molar refractivity (Wildman–Crippen MR) is 91.6 cm³/mol. The molecule has 24 heavy (non-hydrogen) atoms. The molecule has 0 aliphatic carbocycles. The third-order valence-corrected chi connectivity index (χ3v) is 4.08. The lowest BCUT2D eigenvalue weighted by molar-refractivity contribution is 0.102. The number of nitrogens with one attached hydrogen (secondary N) is 1. The third-order valence-electron chi connectivity index (χ3n) is 3.67. The number of halogens is 1. The number of nitriles is 1. The summed E-state index contributed by atoms with van der Waals surface area (Å²) in [5.74, 6) is 0.296. The van der Waals surface area contributed by atoms with Gasteiger partial charge >= 0.3 is 0 Å². The number of rotatable bonds is 3. The van der Waals surface area contributed by atoms with Gasteiger partial charge in [0.25, 0.3) is 5.91 Å². The van der Waals surface area contributed by atoms with E-state index in [2.05, 4.69) is 11.4 Å². The lowest BCUT2D eigenvalue weighted by Gasteiger charge is -2.06. The summed E-state index contributed by atoms with van der Waals surface area (Å²) in [6, 6.07) is 10.9. The van der Waals surface area contributed by atoms with E-state index in [0.29, 0.717) is 22.4 Å². The number of hydrogen-bond donors (Lipinski definition) is 1. The minimum atomic E-state index is -0.411. The maximum atomic E-state index is 12.6. The van der Waals surface area contributed by atoms with Gasteiger partial charge in [-0.1, -0.05) is 17.7 Å². The highest BCUT2D eigenvalue weighted by atomic mass is 35.5. The first kappa shape index (κ1) is 15.9. The van der Waals surface area contributed by atoms with Crippen LogP contribution in [0.15, 0.2) is 47.1 Å². The summed E-state index contributed by atoms with van der Waals surface area (Å²) in [7, 11) is 0. The van der Waals surface area contributed by atoms with E-state index in [0.717, 1.165) is 5.56 Å². The number of furan rings is 1. The molecule has 120 valence electrons. The minimum absolute atomic E-state index is 0.194. The van der Waals surface area contributed by atoms with Gasteiger partial charge in [-0.3, -0.25) is 9.36 Å². The molecule has 0 radical (unpaired) electrons. The maximum Gasteiger partial charge on any atom is 0.260 e. The molecular formula is C18H14ClN3O2. The van der Waals surface area contributed by atoms with Crippen molar-refractivity contribution >= 4 is 23.2 Å². The Balaban J connectivity index is 1.98. The summed E-state index contributed by atoms with van der Waals surface area (Å²) in [6.45, 7) is 3.54. The van der Waals surface area contributed by atoms with E-state index in [1.165, 1.54) is 0 Å². The van der Waals surface area contributed by atoms with Crippen LogP contribution >= 0.6 is 11.6 Å². The summed E-state index contributed by atoms with van der Waals surface area (Å²) in [5.41, 5.74) is 1.89. The molecule has 0 saturated heterocycles. The van der Waals surface area contributed by atoms with Crippen molar-refractivity contribution in [2.45, 2.75) is 13.8 Å². The van der Waals surface area contributed by atoms with Gasteiger partial charge in [-0.05, 0) is 43.7 Å². The monoisotopic (exact) mass is 339 g/mol. The smallest absolute Gasteiger partial charge is 0.260 e. The van der Waals surface area contributed by atoms with E-state index in [-0.39, 0.29) is 11.1 Å². The van der Waals surface area contributed by atoms with Crippen molar-refractivity contribution in [3.8, 4) is 12.0 Å². The first-order valence-electron chi connectivity index (χ1n) is 7.25. The van der Waals surface area contributed by atoms with Gasteiger partial charge in [0.2, 0.25) is 5.88 Å². The largest absolute Gasteiger partial charge is 0.443 e. The Morgan fingerprint density at radius 1 is 1.29 bits per heavy atom. The predicted octanol–water partition coefficient (Wildman–Crippen LogP) is 4.46. The fourth-order valence-corrected chi connectivity index (χ4v) is 2.60. The van der Waals surface area contributed by atoms with Gasteiger partial charge in [-0.25, -0.2) is 0 Å². The van der Waals surface area contributed by atoms with E-state index >= 15 is 0 Å². The average Bonchev–Trinajstić information content (AvgIpc) is 3.17. The molecule has 0 unspecified atom stereocenters. The van der Waals surface area contributed by atoms with Crippen LogP contribution < -0.4 is 5.32 Å². The number of hydrogen-bond acceptors (Lipinski definition) is 3. The van der Waals surface area contributed by atoms with E-state index in [9.17, 15) is 10.1 Å². The highest BCUT2D eigenvalue weighted by Gasteiger charge is 2.24. The lowest BCUT2D eigenvalue weighted by Crippen LogP contribution is -2.14. The van der Waals surface area contributed by atoms with Crippen LogP contribution in [0.5, 0.6) is 0 Å². The van der Waals surface area contributed by atoms with Crippen molar-refractivity contribution < 1.29 is 9.21 Å². The molecule has 5 nitrogen and oxygen atoms in total. The summed E-state index contributed by atoms with van der Waals surface area (Å²) in [6.07, 6.45) is 3.50. The molecule has 3 rings (SSSR count). The van der Waals surface area contributed by atoms with Crippen LogP contribution in [-0.2, 0) is 0 Å². The second kappa shape index (κ2) is 6.26. The number of carbonyl (C=O) groups excluding carboxylic acids is 1. The molecule has 1 N–H and O–H groups in total. The Bertz CT molecular complexity index is 950. The zero-order valence-electron chi connectivity index (χ0n) is 13.1. The molecule has 0 atom stereocenters. The third kappa shape index (κ3) is 2.80. The van der Waals surface area contributed by atoms with Gasteiger partial charge in [0.05, 0.1) is 0 Å². The maximum absolute atomic E-state index is 12.6. The Labute approximate surface area is 144 Å². The molecule has 0 spiro atoms. The van der Waals surface area contributed by atoms with Crippen LogP contribution in [-0.4, -0.2) is 10.5 Å². The average molecular weight is 340 g/mol. The van der Waals surface area contributed by atoms with Crippen LogP contribution in [0, 0.1) is 25.2 Å². The number of aryl methyl sites for hydroxylation is 2. The zero-order chi connectivity index (χ0) is 17.3. The highest BCUT2D eigenvalue weighted by Crippen LogP contribution is 2.27. The van der Waals surface area contributed by atoms with E-state index in [1.54, 1.807) is 36.0 Å². The Morgan fingerprint density at radius 2 is 2.00 bits per heavy atom. The van der Waals surface area contributed by atoms with E-state index in [1.807, 2.05) is 25.1 Å². The van der Waals surface area contributed by atoms with Crippen molar-refractivity contribution in [2.75, 3.05) is 5.32 Å². The molecule has 0 fully saturated rings. The molecule has 0 saturated carbocycles. The number of anilines is 1. The van der Waals surface area contributed by atoms with Crippen molar-refractivity contribution in [3.05, 3.63) is 70.2 Å². The second-order valence-electron chi connectivity index (χ2n) is 5.33. The normalized spacial score (nSPS) is 10.4. The van der Waals surface area contributed by atoms with Gasteiger partial charge in [-0.2, -0.15) is 5.26 Å². The van der Waals surface area contributed by atoms with Gasteiger partial charge in [0.15, 0.2) is 0 Å². The molecule has 0 bridgehead atoms. The van der Waals surface area contributed by atoms with E-state index < -0.39 is 5.91 Å². The van der Waals surface area contributed by atoms with Gasteiger partial charge in [0, 0.05) is 23.1 Å². The molecule has 1 amide bonds. The molecule has 6 heteroatoms. The number of amides is 1. The molecule has 3 aromatic rings. The van der Waals surface area contributed by atoms with Gasteiger partial charge < -0.3 is 9.73 Å². The van der Waals surface area contributed by atoms with Crippen LogP contribution in [0.1, 0.15) is 27.2 Å².